The standard InChI is InChI=1S/C15H23FN2O/c1-12(19)11-17-6-8-18(9-7-17)13(2)14-4-3-5-15(16)10-14/h3-5,10,12-13,19H,6-9,11H2,1-2H3. The van der Waals surface area contributed by atoms with E-state index in [1.54, 1.807) is 12.1 Å². The Labute approximate surface area is 114 Å². The highest BCUT2D eigenvalue weighted by atomic mass is 19.1. The van der Waals surface area contributed by atoms with Gasteiger partial charge in [-0.15, -0.1) is 0 Å². The molecule has 4 heteroatoms. The molecule has 0 spiro atoms. The van der Waals surface area contributed by atoms with Gasteiger partial charge >= 0.3 is 0 Å². The fourth-order valence-corrected chi connectivity index (χ4v) is 2.68. The van der Waals surface area contributed by atoms with Crippen LogP contribution in [-0.4, -0.2) is 53.7 Å². The van der Waals surface area contributed by atoms with E-state index in [4.69, 9.17) is 0 Å². The highest BCUT2D eigenvalue weighted by Crippen LogP contribution is 2.22. The van der Waals surface area contributed by atoms with Crippen LogP contribution in [0.4, 0.5) is 4.39 Å². The number of nitrogens with zero attached hydrogens (tertiary/aromatic N) is 2. The van der Waals surface area contributed by atoms with Crippen LogP contribution < -0.4 is 0 Å². The van der Waals surface area contributed by atoms with Crippen LogP contribution in [0.2, 0.25) is 0 Å². The van der Waals surface area contributed by atoms with Crippen molar-refractivity contribution < 1.29 is 9.50 Å². The molecule has 2 atom stereocenters. The maximum atomic E-state index is 13.2. The Kier molecular flexibility index (Phi) is 4.91. The van der Waals surface area contributed by atoms with E-state index in [0.29, 0.717) is 0 Å². The fraction of sp³-hybridized carbons (Fsp3) is 0.600. The molecule has 0 bridgehead atoms. The summed E-state index contributed by atoms with van der Waals surface area (Å²) in [6, 6.07) is 7.09. The normalized spacial score (nSPS) is 21.3. The molecule has 1 aromatic carbocycles. The van der Waals surface area contributed by atoms with Gasteiger partial charge in [-0.05, 0) is 31.5 Å². The molecule has 1 aliphatic heterocycles. The Bertz CT molecular complexity index is 403. The molecule has 0 saturated carbocycles. The molecule has 1 aliphatic rings. The topological polar surface area (TPSA) is 26.7 Å². The predicted octanol–water partition coefficient (Wildman–Crippen LogP) is 1.89. The lowest BCUT2D eigenvalue weighted by Crippen LogP contribution is -2.48. The molecular weight excluding hydrogens is 243 g/mol. The second kappa shape index (κ2) is 6.46. The highest BCUT2D eigenvalue weighted by molar-refractivity contribution is 5.19. The average molecular weight is 266 g/mol. The SMILES string of the molecule is CC(O)CN1CCN(C(C)c2cccc(F)c2)CC1. The van der Waals surface area contributed by atoms with Gasteiger partial charge in [0.15, 0.2) is 0 Å². The van der Waals surface area contributed by atoms with Crippen molar-refractivity contribution in [1.82, 2.24) is 9.80 Å². The van der Waals surface area contributed by atoms with Gasteiger partial charge in [0.25, 0.3) is 0 Å². The third-order valence-corrected chi connectivity index (χ3v) is 3.81. The van der Waals surface area contributed by atoms with Crippen LogP contribution in [0.3, 0.4) is 0 Å². The lowest BCUT2D eigenvalue weighted by molar-refractivity contribution is 0.0654. The van der Waals surface area contributed by atoms with Gasteiger partial charge in [-0.3, -0.25) is 9.80 Å². The van der Waals surface area contributed by atoms with E-state index >= 15 is 0 Å². The maximum Gasteiger partial charge on any atom is 0.123 e. The minimum Gasteiger partial charge on any atom is -0.392 e. The summed E-state index contributed by atoms with van der Waals surface area (Å²) in [6.07, 6.45) is -0.271. The van der Waals surface area contributed by atoms with Gasteiger partial charge in [-0.25, -0.2) is 4.39 Å². The summed E-state index contributed by atoms with van der Waals surface area (Å²) in [7, 11) is 0. The summed E-state index contributed by atoms with van der Waals surface area (Å²) in [5.41, 5.74) is 1.03. The van der Waals surface area contributed by atoms with E-state index in [1.807, 2.05) is 13.0 Å². The van der Waals surface area contributed by atoms with Crippen LogP contribution in [0, 0.1) is 5.82 Å². The Hall–Kier alpha value is -0.970. The third-order valence-electron chi connectivity index (χ3n) is 3.81. The fourth-order valence-electron chi connectivity index (χ4n) is 2.68. The number of benzene rings is 1. The molecule has 0 amide bonds. The van der Waals surface area contributed by atoms with Gasteiger partial charge in [-0.1, -0.05) is 12.1 Å². The predicted molar refractivity (Wildman–Crippen MR) is 74.5 cm³/mol. The van der Waals surface area contributed by atoms with Crippen molar-refractivity contribution in [2.75, 3.05) is 32.7 Å². The van der Waals surface area contributed by atoms with Crippen molar-refractivity contribution in [2.24, 2.45) is 0 Å². The van der Waals surface area contributed by atoms with E-state index in [0.717, 1.165) is 38.3 Å². The van der Waals surface area contributed by atoms with Crippen LogP contribution in [0.1, 0.15) is 25.5 Å². The van der Waals surface area contributed by atoms with E-state index in [-0.39, 0.29) is 18.0 Å². The van der Waals surface area contributed by atoms with E-state index in [9.17, 15) is 9.50 Å². The molecule has 1 heterocycles. The first-order chi connectivity index (χ1) is 9.06. The van der Waals surface area contributed by atoms with E-state index in [1.165, 1.54) is 6.07 Å². The molecule has 1 N–H and O–H groups in total. The number of β-amino-alcohol motifs (C(OH)–C–C–N with tert-alkyl or cyclic N) is 1. The summed E-state index contributed by atoms with van der Waals surface area (Å²) < 4.78 is 13.2. The number of rotatable bonds is 4. The Morgan fingerprint density at radius 3 is 2.47 bits per heavy atom. The molecule has 1 aromatic rings. The first kappa shape index (κ1) is 14.4. The lowest BCUT2D eigenvalue weighted by atomic mass is 10.1. The second-order valence-electron chi connectivity index (χ2n) is 5.42. The van der Waals surface area contributed by atoms with Crippen LogP contribution in [0.15, 0.2) is 24.3 Å². The molecule has 0 aromatic heterocycles. The first-order valence-electron chi connectivity index (χ1n) is 6.96. The van der Waals surface area contributed by atoms with Crippen LogP contribution in [-0.2, 0) is 0 Å². The Morgan fingerprint density at radius 1 is 1.21 bits per heavy atom. The molecule has 1 saturated heterocycles. The summed E-state index contributed by atoms with van der Waals surface area (Å²) in [4.78, 5) is 4.65. The van der Waals surface area contributed by atoms with Crippen molar-refractivity contribution in [3.8, 4) is 0 Å². The quantitative estimate of drug-likeness (QED) is 0.901. The minimum atomic E-state index is -0.271. The van der Waals surface area contributed by atoms with Crippen LogP contribution >= 0.6 is 0 Å². The molecule has 2 unspecified atom stereocenters. The Balaban J connectivity index is 1.90. The van der Waals surface area contributed by atoms with Gasteiger partial charge in [0.1, 0.15) is 5.82 Å². The van der Waals surface area contributed by atoms with Crippen molar-refractivity contribution in [3.63, 3.8) is 0 Å². The third kappa shape index (κ3) is 4.00. The van der Waals surface area contributed by atoms with Crippen LogP contribution in [0.25, 0.3) is 0 Å². The van der Waals surface area contributed by atoms with Crippen molar-refractivity contribution in [1.29, 1.82) is 0 Å². The smallest absolute Gasteiger partial charge is 0.123 e. The van der Waals surface area contributed by atoms with Crippen LogP contribution in [0.5, 0.6) is 0 Å². The number of aliphatic hydroxyl groups excluding tert-OH is 1. The highest BCUT2D eigenvalue weighted by Gasteiger charge is 2.22. The van der Waals surface area contributed by atoms with Crippen molar-refractivity contribution in [3.05, 3.63) is 35.6 Å². The van der Waals surface area contributed by atoms with E-state index < -0.39 is 0 Å². The van der Waals surface area contributed by atoms with Gasteiger partial charge in [0, 0.05) is 38.8 Å². The zero-order valence-electron chi connectivity index (χ0n) is 11.7. The first-order valence-corrected chi connectivity index (χ1v) is 6.96. The average Bonchev–Trinajstić information content (AvgIpc) is 2.38. The van der Waals surface area contributed by atoms with Gasteiger partial charge in [0.05, 0.1) is 6.10 Å². The number of hydrogen-bond donors (Lipinski definition) is 1. The molecular formula is C15H23FN2O. The molecule has 3 nitrogen and oxygen atoms in total. The maximum absolute atomic E-state index is 13.2. The minimum absolute atomic E-state index is 0.169. The molecule has 0 radical (unpaired) electrons. The largest absolute Gasteiger partial charge is 0.392 e. The molecule has 19 heavy (non-hydrogen) atoms. The number of aliphatic hydroxyl groups is 1. The molecule has 0 aliphatic carbocycles. The molecule has 2 rings (SSSR count). The van der Waals surface area contributed by atoms with Gasteiger partial charge in [-0.2, -0.15) is 0 Å². The summed E-state index contributed by atoms with van der Waals surface area (Å²) >= 11 is 0. The number of halogens is 1. The van der Waals surface area contributed by atoms with E-state index in [2.05, 4.69) is 16.7 Å². The summed E-state index contributed by atoms with van der Waals surface area (Å²) in [5, 5.41) is 9.39. The van der Waals surface area contributed by atoms with Crippen molar-refractivity contribution >= 4 is 0 Å². The monoisotopic (exact) mass is 266 g/mol. The number of hydrogen-bond acceptors (Lipinski definition) is 3. The second-order valence-corrected chi connectivity index (χ2v) is 5.42. The Morgan fingerprint density at radius 2 is 1.89 bits per heavy atom. The van der Waals surface area contributed by atoms with Crippen molar-refractivity contribution in [2.45, 2.75) is 26.0 Å². The van der Waals surface area contributed by atoms with Gasteiger partial charge in [0.2, 0.25) is 0 Å². The molecule has 106 valence electrons. The zero-order valence-corrected chi connectivity index (χ0v) is 11.7. The lowest BCUT2D eigenvalue weighted by Gasteiger charge is -2.38. The summed E-state index contributed by atoms with van der Waals surface area (Å²) in [6.45, 7) is 8.53. The zero-order chi connectivity index (χ0) is 13.8. The molecule has 1 fully saturated rings. The van der Waals surface area contributed by atoms with Gasteiger partial charge < -0.3 is 5.11 Å². The summed E-state index contributed by atoms with van der Waals surface area (Å²) in [5.74, 6) is -0.169. The number of piperazine rings is 1.